The second kappa shape index (κ2) is 6.86. The second-order valence-corrected chi connectivity index (χ2v) is 5.62. The molecule has 23 heavy (non-hydrogen) atoms. The number of hydrogen-bond acceptors (Lipinski definition) is 3. The van der Waals surface area contributed by atoms with Crippen LogP contribution in [0.5, 0.6) is 11.5 Å². The molecule has 0 aliphatic carbocycles. The Labute approximate surface area is 142 Å². The highest BCUT2D eigenvalue weighted by Gasteiger charge is 2.08. The normalized spacial score (nSPS) is 10.5. The Balaban J connectivity index is 1.83. The lowest BCUT2D eigenvalue weighted by atomic mass is 10.2. The summed E-state index contributed by atoms with van der Waals surface area (Å²) in [6, 6.07) is 16.9. The van der Waals surface area contributed by atoms with E-state index in [0.29, 0.717) is 5.75 Å². The van der Waals surface area contributed by atoms with Gasteiger partial charge in [-0.15, -0.1) is 0 Å². The van der Waals surface area contributed by atoms with Crippen LogP contribution >= 0.6 is 23.2 Å². The van der Waals surface area contributed by atoms with Gasteiger partial charge in [-0.25, -0.2) is 4.68 Å². The predicted octanol–water partition coefficient (Wildman–Crippen LogP) is 4.39. The van der Waals surface area contributed by atoms with Gasteiger partial charge < -0.3 is 4.74 Å². The Morgan fingerprint density at radius 1 is 1.00 bits per heavy atom. The lowest BCUT2D eigenvalue weighted by Crippen LogP contribution is -2.23. The molecule has 0 N–H and O–H groups in total. The van der Waals surface area contributed by atoms with Crippen LogP contribution in [0.1, 0.15) is 5.56 Å². The van der Waals surface area contributed by atoms with Crippen molar-refractivity contribution < 1.29 is 4.74 Å². The summed E-state index contributed by atoms with van der Waals surface area (Å²) in [7, 11) is 0. The Morgan fingerprint density at radius 2 is 1.74 bits per heavy atom. The standard InChI is InChI=1S/C17H12Cl2N2O2/c18-15-10-20-21(17(22)16(15)19)11-12-5-4-8-14(9-12)23-13-6-2-1-3-7-13/h1-10H,11H2. The zero-order valence-electron chi connectivity index (χ0n) is 11.9. The molecule has 0 saturated carbocycles. The zero-order chi connectivity index (χ0) is 16.2. The molecule has 0 unspecified atom stereocenters. The van der Waals surface area contributed by atoms with Crippen LogP contribution in [0.2, 0.25) is 10.0 Å². The molecule has 2 aromatic carbocycles. The molecule has 0 aliphatic rings. The summed E-state index contributed by atoms with van der Waals surface area (Å²) in [5.41, 5.74) is 0.444. The predicted molar refractivity (Wildman–Crippen MR) is 90.6 cm³/mol. The highest BCUT2D eigenvalue weighted by atomic mass is 35.5. The van der Waals surface area contributed by atoms with E-state index in [0.717, 1.165) is 11.3 Å². The first kappa shape index (κ1) is 15.6. The SMILES string of the molecule is O=c1c(Cl)c(Cl)cnn1Cc1cccc(Oc2ccccc2)c1. The number of nitrogens with zero attached hydrogens (tertiary/aromatic N) is 2. The molecule has 3 rings (SSSR count). The van der Waals surface area contributed by atoms with Crippen molar-refractivity contribution in [2.75, 3.05) is 0 Å². The third-order valence-corrected chi connectivity index (χ3v) is 3.90. The van der Waals surface area contributed by atoms with Crippen molar-refractivity contribution in [1.82, 2.24) is 9.78 Å². The van der Waals surface area contributed by atoms with E-state index in [2.05, 4.69) is 5.10 Å². The van der Waals surface area contributed by atoms with Gasteiger partial charge in [0.1, 0.15) is 16.5 Å². The van der Waals surface area contributed by atoms with Gasteiger partial charge in [0.25, 0.3) is 5.56 Å². The minimum Gasteiger partial charge on any atom is -0.457 e. The smallest absolute Gasteiger partial charge is 0.287 e. The molecule has 0 aliphatic heterocycles. The largest absolute Gasteiger partial charge is 0.457 e. The third-order valence-electron chi connectivity index (χ3n) is 3.15. The van der Waals surface area contributed by atoms with Crippen LogP contribution in [0.4, 0.5) is 0 Å². The third kappa shape index (κ3) is 3.73. The Morgan fingerprint density at radius 3 is 2.52 bits per heavy atom. The average molecular weight is 347 g/mol. The topological polar surface area (TPSA) is 44.1 Å². The van der Waals surface area contributed by atoms with E-state index < -0.39 is 5.56 Å². The molecule has 0 amide bonds. The van der Waals surface area contributed by atoms with Gasteiger partial charge in [-0.3, -0.25) is 4.79 Å². The van der Waals surface area contributed by atoms with Gasteiger partial charge in [0.2, 0.25) is 0 Å². The monoisotopic (exact) mass is 346 g/mol. The van der Waals surface area contributed by atoms with Crippen LogP contribution in [-0.2, 0) is 6.54 Å². The molecule has 3 aromatic rings. The highest BCUT2D eigenvalue weighted by Crippen LogP contribution is 2.22. The number of rotatable bonds is 4. The van der Waals surface area contributed by atoms with Crippen molar-refractivity contribution in [2.24, 2.45) is 0 Å². The maximum Gasteiger partial charge on any atom is 0.287 e. The fourth-order valence-electron chi connectivity index (χ4n) is 2.06. The first-order valence-electron chi connectivity index (χ1n) is 6.86. The molecular weight excluding hydrogens is 335 g/mol. The summed E-state index contributed by atoms with van der Waals surface area (Å²) in [5, 5.41) is 4.11. The molecule has 0 atom stereocenters. The number of aromatic nitrogens is 2. The molecule has 4 nitrogen and oxygen atoms in total. The fraction of sp³-hybridized carbons (Fsp3) is 0.0588. The van der Waals surface area contributed by atoms with Gasteiger partial charge in [0, 0.05) is 0 Å². The van der Waals surface area contributed by atoms with E-state index >= 15 is 0 Å². The van der Waals surface area contributed by atoms with Crippen molar-refractivity contribution >= 4 is 23.2 Å². The maximum atomic E-state index is 12.0. The minimum absolute atomic E-state index is 0.0293. The summed E-state index contributed by atoms with van der Waals surface area (Å²) in [5.74, 6) is 1.43. The molecule has 0 radical (unpaired) electrons. The average Bonchev–Trinajstić information content (AvgIpc) is 2.57. The van der Waals surface area contributed by atoms with Gasteiger partial charge in [-0.1, -0.05) is 53.5 Å². The number of halogens is 2. The first-order valence-corrected chi connectivity index (χ1v) is 7.62. The van der Waals surface area contributed by atoms with Crippen molar-refractivity contribution in [2.45, 2.75) is 6.54 Å². The number of ether oxygens (including phenoxy) is 1. The summed E-state index contributed by atoms with van der Waals surface area (Å²) in [6.45, 7) is 0.279. The van der Waals surface area contributed by atoms with Crippen LogP contribution in [0, 0.1) is 0 Å². The quantitative estimate of drug-likeness (QED) is 0.703. The molecule has 0 fully saturated rings. The molecule has 1 aromatic heterocycles. The van der Waals surface area contributed by atoms with Crippen LogP contribution in [0.3, 0.4) is 0 Å². The van der Waals surface area contributed by atoms with Crippen LogP contribution in [-0.4, -0.2) is 9.78 Å². The van der Waals surface area contributed by atoms with Crippen LogP contribution < -0.4 is 10.3 Å². The summed E-state index contributed by atoms with van der Waals surface area (Å²) >= 11 is 11.6. The Bertz CT molecular complexity index is 879. The van der Waals surface area contributed by atoms with Crippen molar-refractivity contribution in [3.8, 4) is 11.5 Å². The van der Waals surface area contributed by atoms with Crippen LogP contribution in [0.25, 0.3) is 0 Å². The Kier molecular flexibility index (Phi) is 4.65. The fourth-order valence-corrected chi connectivity index (χ4v) is 2.33. The van der Waals surface area contributed by atoms with Crippen LogP contribution in [0.15, 0.2) is 65.6 Å². The van der Waals surface area contributed by atoms with Gasteiger partial charge >= 0.3 is 0 Å². The molecule has 116 valence electrons. The van der Waals surface area contributed by atoms with Gasteiger partial charge in [0.15, 0.2) is 0 Å². The summed E-state index contributed by atoms with van der Waals surface area (Å²) in [6.07, 6.45) is 1.36. The van der Waals surface area contributed by atoms with Crippen molar-refractivity contribution in [1.29, 1.82) is 0 Å². The maximum absolute atomic E-state index is 12.0. The van der Waals surface area contributed by atoms with E-state index in [9.17, 15) is 4.79 Å². The van der Waals surface area contributed by atoms with Gasteiger partial charge in [0.05, 0.1) is 17.8 Å². The van der Waals surface area contributed by atoms with E-state index in [1.165, 1.54) is 10.9 Å². The van der Waals surface area contributed by atoms with E-state index in [-0.39, 0.29) is 16.6 Å². The zero-order valence-corrected chi connectivity index (χ0v) is 13.5. The Hall–Kier alpha value is -2.30. The molecule has 0 spiro atoms. The summed E-state index contributed by atoms with van der Waals surface area (Å²) < 4.78 is 7.03. The molecular formula is C17H12Cl2N2O2. The van der Waals surface area contributed by atoms with Gasteiger partial charge in [-0.2, -0.15) is 5.10 Å². The van der Waals surface area contributed by atoms with Crippen molar-refractivity contribution in [3.63, 3.8) is 0 Å². The van der Waals surface area contributed by atoms with Crippen molar-refractivity contribution in [3.05, 3.63) is 86.8 Å². The summed E-state index contributed by atoms with van der Waals surface area (Å²) in [4.78, 5) is 12.0. The number of benzene rings is 2. The number of para-hydroxylation sites is 1. The minimum atomic E-state index is -0.423. The first-order chi connectivity index (χ1) is 11.1. The lowest BCUT2D eigenvalue weighted by Gasteiger charge is -2.09. The lowest BCUT2D eigenvalue weighted by molar-refractivity contribution is 0.481. The molecule has 6 heteroatoms. The highest BCUT2D eigenvalue weighted by molar-refractivity contribution is 6.41. The molecule has 1 heterocycles. The molecule has 0 bridgehead atoms. The van der Waals surface area contributed by atoms with E-state index in [4.69, 9.17) is 27.9 Å². The van der Waals surface area contributed by atoms with E-state index in [1.54, 1.807) is 0 Å². The second-order valence-electron chi connectivity index (χ2n) is 4.83. The van der Waals surface area contributed by atoms with E-state index in [1.807, 2.05) is 54.6 Å². The molecule has 0 saturated heterocycles. The van der Waals surface area contributed by atoms with Gasteiger partial charge in [-0.05, 0) is 29.8 Å². The number of hydrogen-bond donors (Lipinski definition) is 0.